The van der Waals surface area contributed by atoms with Crippen LogP contribution in [0.2, 0.25) is 0 Å². The number of carbonyl (C=O) groups excluding carboxylic acids is 3. The van der Waals surface area contributed by atoms with Gasteiger partial charge in [-0.3, -0.25) is 19.7 Å². The fourth-order valence-electron chi connectivity index (χ4n) is 5.80. The summed E-state index contributed by atoms with van der Waals surface area (Å²) in [4.78, 5) is 38.3. The molecular weight excluding hydrogens is 501 g/mol. The van der Waals surface area contributed by atoms with E-state index in [-0.39, 0.29) is 54.8 Å². The second kappa shape index (κ2) is 8.91. The van der Waals surface area contributed by atoms with Gasteiger partial charge in [0.15, 0.2) is 0 Å². The molecule has 0 radical (unpaired) electrons. The van der Waals surface area contributed by atoms with Crippen molar-refractivity contribution in [1.82, 2.24) is 14.5 Å². The van der Waals surface area contributed by atoms with Crippen LogP contribution in [0.4, 0.5) is 4.39 Å². The second-order valence-corrected chi connectivity index (χ2v) is 11.9. The molecule has 0 spiro atoms. The Morgan fingerprint density at radius 3 is 2.51 bits per heavy atom. The van der Waals surface area contributed by atoms with Crippen LogP contribution in [0.5, 0.6) is 5.75 Å². The number of imide groups is 1. The highest BCUT2D eigenvalue weighted by atomic mass is 32.2. The predicted molar refractivity (Wildman–Crippen MR) is 129 cm³/mol. The SMILES string of the molecule is O=C1CCC(N2Cc3cc(C4CCN(S(=O)(=O)c5ccc6c(c5)CCO6)CC4)c(F)cc3C2=O)C(=O)N1. The van der Waals surface area contributed by atoms with E-state index >= 15 is 4.39 Å². The van der Waals surface area contributed by atoms with E-state index < -0.39 is 33.7 Å². The maximum atomic E-state index is 15.2. The molecule has 1 unspecified atom stereocenters. The minimum Gasteiger partial charge on any atom is -0.493 e. The van der Waals surface area contributed by atoms with E-state index in [1.165, 1.54) is 15.3 Å². The number of hydrogen-bond donors (Lipinski definition) is 1. The maximum absolute atomic E-state index is 15.2. The first-order valence-electron chi connectivity index (χ1n) is 12.5. The standard InChI is InChI=1S/C26H26FN3O6S/c27-21-13-20-17(14-30(26(20)33)22-2-4-24(31)28-25(22)32)12-19(21)15-5-8-29(9-6-15)37(34,35)18-1-3-23-16(11-18)7-10-36-23/h1,3,11-13,15,22H,2,4-10,14H2,(H,28,31,32). The number of rotatable bonds is 4. The van der Waals surface area contributed by atoms with Gasteiger partial charge in [-0.15, -0.1) is 0 Å². The normalized spacial score (nSPS) is 22.6. The van der Waals surface area contributed by atoms with Crippen LogP contribution < -0.4 is 10.1 Å². The zero-order valence-electron chi connectivity index (χ0n) is 20.0. The largest absolute Gasteiger partial charge is 0.493 e. The summed E-state index contributed by atoms with van der Waals surface area (Å²) in [5.74, 6) is -1.27. The van der Waals surface area contributed by atoms with E-state index in [4.69, 9.17) is 4.74 Å². The molecular formula is C26H26FN3O6S. The van der Waals surface area contributed by atoms with Gasteiger partial charge in [0.2, 0.25) is 21.8 Å². The Kier molecular flexibility index (Phi) is 5.79. The summed E-state index contributed by atoms with van der Waals surface area (Å²) in [6.07, 6.45) is 1.98. The zero-order valence-corrected chi connectivity index (χ0v) is 20.9. The molecule has 4 aliphatic heterocycles. The Morgan fingerprint density at radius 1 is 0.973 bits per heavy atom. The van der Waals surface area contributed by atoms with Crippen LogP contribution in [0.1, 0.15) is 58.6 Å². The zero-order chi connectivity index (χ0) is 25.9. The highest BCUT2D eigenvalue weighted by molar-refractivity contribution is 7.89. The van der Waals surface area contributed by atoms with Gasteiger partial charge in [0.1, 0.15) is 17.6 Å². The van der Waals surface area contributed by atoms with Gasteiger partial charge < -0.3 is 9.64 Å². The molecule has 2 saturated heterocycles. The van der Waals surface area contributed by atoms with E-state index in [1.54, 1.807) is 24.3 Å². The monoisotopic (exact) mass is 527 g/mol. The third kappa shape index (κ3) is 4.10. The predicted octanol–water partition coefficient (Wildman–Crippen LogP) is 2.09. The lowest BCUT2D eigenvalue weighted by Gasteiger charge is -2.32. The molecule has 2 aromatic rings. The van der Waals surface area contributed by atoms with Crippen LogP contribution in [0.3, 0.4) is 0 Å². The van der Waals surface area contributed by atoms with Crippen LogP contribution in [-0.4, -0.2) is 61.1 Å². The van der Waals surface area contributed by atoms with Gasteiger partial charge >= 0.3 is 0 Å². The molecule has 9 nitrogen and oxygen atoms in total. The molecule has 0 aliphatic carbocycles. The molecule has 3 amide bonds. The lowest BCUT2D eigenvalue weighted by atomic mass is 9.88. The van der Waals surface area contributed by atoms with Gasteiger partial charge in [-0.2, -0.15) is 4.31 Å². The summed E-state index contributed by atoms with van der Waals surface area (Å²) in [7, 11) is -3.67. The van der Waals surface area contributed by atoms with Crippen molar-refractivity contribution in [2.45, 2.75) is 55.5 Å². The molecule has 4 aliphatic rings. The van der Waals surface area contributed by atoms with Crippen LogP contribution in [0.25, 0.3) is 0 Å². The van der Waals surface area contributed by atoms with Crippen LogP contribution in [0, 0.1) is 5.82 Å². The lowest BCUT2D eigenvalue weighted by molar-refractivity contribution is -0.136. The van der Waals surface area contributed by atoms with Gasteiger partial charge in [-0.25, -0.2) is 12.8 Å². The number of ether oxygens (including phenoxy) is 1. The number of carbonyl (C=O) groups is 3. The van der Waals surface area contributed by atoms with Crippen molar-refractivity contribution >= 4 is 27.7 Å². The first-order chi connectivity index (χ1) is 17.7. The Labute approximate surface area is 213 Å². The van der Waals surface area contributed by atoms with Crippen LogP contribution in [0.15, 0.2) is 35.2 Å². The number of nitrogens with one attached hydrogen (secondary N) is 1. The summed E-state index contributed by atoms with van der Waals surface area (Å²) in [5, 5.41) is 2.26. The Balaban J connectivity index is 1.17. The van der Waals surface area contributed by atoms with E-state index in [1.807, 2.05) is 0 Å². The molecule has 37 heavy (non-hydrogen) atoms. The van der Waals surface area contributed by atoms with Crippen LogP contribution in [-0.2, 0) is 32.6 Å². The Morgan fingerprint density at radius 2 is 1.76 bits per heavy atom. The fraction of sp³-hybridized carbons (Fsp3) is 0.423. The van der Waals surface area contributed by atoms with Crippen molar-refractivity contribution in [2.24, 2.45) is 0 Å². The molecule has 11 heteroatoms. The summed E-state index contributed by atoms with van der Waals surface area (Å²) < 4.78 is 48.6. The third-order valence-electron chi connectivity index (χ3n) is 7.83. The van der Waals surface area contributed by atoms with Gasteiger partial charge in [-0.1, -0.05) is 6.07 Å². The Hall–Kier alpha value is -3.31. The molecule has 194 valence electrons. The average Bonchev–Trinajstić information content (AvgIpc) is 3.48. The molecule has 0 aromatic heterocycles. The van der Waals surface area contributed by atoms with Crippen molar-refractivity contribution in [3.63, 3.8) is 0 Å². The van der Waals surface area contributed by atoms with Crippen molar-refractivity contribution in [3.8, 4) is 5.75 Å². The highest BCUT2D eigenvalue weighted by Gasteiger charge is 2.40. The molecule has 0 saturated carbocycles. The first-order valence-corrected chi connectivity index (χ1v) is 13.9. The molecule has 2 fully saturated rings. The minimum atomic E-state index is -3.67. The lowest BCUT2D eigenvalue weighted by Crippen LogP contribution is -2.52. The van der Waals surface area contributed by atoms with Crippen molar-refractivity contribution in [2.75, 3.05) is 19.7 Å². The Bertz CT molecular complexity index is 1430. The molecule has 1 atom stereocenters. The average molecular weight is 528 g/mol. The van der Waals surface area contributed by atoms with E-state index in [0.717, 1.165) is 11.3 Å². The van der Waals surface area contributed by atoms with Crippen molar-refractivity contribution in [1.29, 1.82) is 0 Å². The summed E-state index contributed by atoms with van der Waals surface area (Å²) in [6, 6.07) is 7.09. The summed E-state index contributed by atoms with van der Waals surface area (Å²) in [6.45, 7) is 1.24. The number of amides is 3. The van der Waals surface area contributed by atoms with Crippen molar-refractivity contribution < 1.29 is 31.9 Å². The fourth-order valence-corrected chi connectivity index (χ4v) is 7.32. The third-order valence-corrected chi connectivity index (χ3v) is 9.73. The van der Waals surface area contributed by atoms with E-state index in [9.17, 15) is 22.8 Å². The minimum absolute atomic E-state index is 0.150. The topological polar surface area (TPSA) is 113 Å². The highest BCUT2D eigenvalue weighted by Crippen LogP contribution is 2.37. The van der Waals surface area contributed by atoms with Crippen molar-refractivity contribution in [3.05, 3.63) is 58.4 Å². The van der Waals surface area contributed by atoms with Gasteiger partial charge in [0.25, 0.3) is 5.91 Å². The first kappa shape index (κ1) is 24.1. The van der Waals surface area contributed by atoms with Gasteiger partial charge in [0, 0.05) is 38.0 Å². The number of halogens is 1. The van der Waals surface area contributed by atoms with E-state index in [2.05, 4.69) is 5.32 Å². The number of hydrogen-bond acceptors (Lipinski definition) is 6. The molecule has 0 bridgehead atoms. The number of fused-ring (bicyclic) bond motifs is 2. The summed E-state index contributed by atoms with van der Waals surface area (Å²) >= 11 is 0. The van der Waals surface area contributed by atoms with Gasteiger partial charge in [-0.05, 0) is 66.1 Å². The number of sulfonamides is 1. The van der Waals surface area contributed by atoms with Crippen LogP contribution >= 0.6 is 0 Å². The van der Waals surface area contributed by atoms with Gasteiger partial charge in [0.05, 0.1) is 11.5 Å². The number of piperidine rings is 2. The maximum Gasteiger partial charge on any atom is 0.255 e. The molecule has 4 heterocycles. The molecule has 6 rings (SSSR count). The molecule has 2 aromatic carbocycles. The summed E-state index contributed by atoms with van der Waals surface area (Å²) in [5.41, 5.74) is 2.22. The van der Waals surface area contributed by atoms with E-state index in [0.29, 0.717) is 37.0 Å². The quantitative estimate of drug-likeness (QED) is 0.610. The number of nitrogens with zero attached hydrogens (tertiary/aromatic N) is 2. The second-order valence-electron chi connectivity index (χ2n) is 9.98. The number of benzene rings is 2. The molecule has 1 N–H and O–H groups in total. The smallest absolute Gasteiger partial charge is 0.255 e.